The monoisotopic (exact) mass is 291 g/mol. The first kappa shape index (κ1) is 15.5. The van der Waals surface area contributed by atoms with E-state index in [0.29, 0.717) is 6.61 Å². The first-order chi connectivity index (χ1) is 9.99. The normalized spacial score (nSPS) is 21.8. The van der Waals surface area contributed by atoms with E-state index in [1.165, 1.54) is 11.9 Å². The maximum atomic E-state index is 12.5. The third-order valence-corrected chi connectivity index (χ3v) is 3.79. The number of likely N-dealkylation sites (N-methyl/N-ethyl adjacent to an activating group) is 1. The van der Waals surface area contributed by atoms with Gasteiger partial charge in [0.1, 0.15) is 6.54 Å². The molecule has 5 heteroatoms. The number of hydrogen-bond donors (Lipinski definition) is 1. The maximum absolute atomic E-state index is 12.5. The van der Waals surface area contributed by atoms with Crippen LogP contribution in [-0.2, 0) is 14.3 Å². The Balaban J connectivity index is 2.16. The number of carbonyl (C=O) groups excluding carboxylic acids is 1. The summed E-state index contributed by atoms with van der Waals surface area (Å²) in [5, 5.41) is 8.82. The van der Waals surface area contributed by atoms with Crippen LogP contribution < -0.4 is 0 Å². The summed E-state index contributed by atoms with van der Waals surface area (Å²) in [5.74, 6) is -1.48. The highest BCUT2D eigenvalue weighted by molar-refractivity contribution is 5.83. The van der Waals surface area contributed by atoms with Gasteiger partial charge in [0.2, 0.25) is 5.91 Å². The zero-order valence-corrected chi connectivity index (χ0v) is 12.4. The van der Waals surface area contributed by atoms with Gasteiger partial charge in [-0.2, -0.15) is 0 Å². The number of aryl methyl sites for hydroxylation is 1. The van der Waals surface area contributed by atoms with E-state index in [2.05, 4.69) is 0 Å². The number of nitrogens with zero attached hydrogens (tertiary/aromatic N) is 1. The number of carboxylic acid groups (broad SMARTS) is 1. The van der Waals surface area contributed by atoms with Gasteiger partial charge in [0.15, 0.2) is 0 Å². The van der Waals surface area contributed by atoms with Gasteiger partial charge >= 0.3 is 5.97 Å². The Morgan fingerprint density at radius 3 is 2.62 bits per heavy atom. The minimum Gasteiger partial charge on any atom is -0.480 e. The molecule has 1 aromatic rings. The van der Waals surface area contributed by atoms with Gasteiger partial charge in [0, 0.05) is 13.7 Å². The average Bonchev–Trinajstić information content (AvgIpc) is 2.46. The van der Waals surface area contributed by atoms with Crippen molar-refractivity contribution >= 4 is 11.9 Å². The van der Waals surface area contributed by atoms with Crippen molar-refractivity contribution in [2.24, 2.45) is 5.92 Å². The highest BCUT2D eigenvalue weighted by Gasteiger charge is 2.35. The molecule has 21 heavy (non-hydrogen) atoms. The summed E-state index contributed by atoms with van der Waals surface area (Å²) in [4.78, 5) is 24.5. The molecule has 2 rings (SSSR count). The average molecular weight is 291 g/mol. The molecule has 0 aromatic heterocycles. The number of aliphatic carboxylic acids is 1. The molecule has 0 spiro atoms. The van der Waals surface area contributed by atoms with Crippen molar-refractivity contribution in [1.29, 1.82) is 0 Å². The molecule has 0 bridgehead atoms. The quantitative estimate of drug-likeness (QED) is 0.921. The van der Waals surface area contributed by atoms with Crippen molar-refractivity contribution in [3.05, 3.63) is 35.4 Å². The number of ether oxygens (including phenoxy) is 1. The molecule has 0 radical (unpaired) electrons. The van der Waals surface area contributed by atoms with Crippen LogP contribution in [0.2, 0.25) is 0 Å². The van der Waals surface area contributed by atoms with E-state index in [0.717, 1.165) is 24.0 Å². The van der Waals surface area contributed by atoms with Crippen molar-refractivity contribution in [1.82, 2.24) is 4.90 Å². The molecule has 1 saturated heterocycles. The predicted molar refractivity (Wildman–Crippen MR) is 77.9 cm³/mol. The molecule has 0 unspecified atom stereocenters. The summed E-state index contributed by atoms with van der Waals surface area (Å²) in [6.45, 7) is 2.36. The van der Waals surface area contributed by atoms with Crippen LogP contribution >= 0.6 is 0 Å². The van der Waals surface area contributed by atoms with E-state index in [9.17, 15) is 9.59 Å². The van der Waals surface area contributed by atoms with Crippen LogP contribution in [0.3, 0.4) is 0 Å². The van der Waals surface area contributed by atoms with Crippen LogP contribution in [0.15, 0.2) is 24.3 Å². The standard InChI is InChI=1S/C16H21NO4/c1-11-5-7-12(8-6-11)15-13(4-3-9-21-15)16(20)17(2)10-14(18)19/h5-8,13,15H,3-4,9-10H2,1-2H3,(H,18,19)/t13-,15-/m0/s1. The molecule has 114 valence electrons. The molecule has 0 aliphatic carbocycles. The van der Waals surface area contributed by atoms with Gasteiger partial charge in [0.25, 0.3) is 0 Å². The molecule has 1 heterocycles. The van der Waals surface area contributed by atoms with Gasteiger partial charge in [-0.3, -0.25) is 9.59 Å². The molecule has 1 aromatic carbocycles. The lowest BCUT2D eigenvalue weighted by Gasteiger charge is -2.33. The largest absolute Gasteiger partial charge is 0.480 e. The Morgan fingerprint density at radius 1 is 1.33 bits per heavy atom. The zero-order valence-electron chi connectivity index (χ0n) is 12.4. The topological polar surface area (TPSA) is 66.8 Å². The van der Waals surface area contributed by atoms with E-state index in [1.807, 2.05) is 31.2 Å². The SMILES string of the molecule is Cc1ccc([C@@H]2OCCC[C@@H]2C(=O)N(C)CC(=O)O)cc1. The molecule has 2 atom stereocenters. The second kappa shape index (κ2) is 6.72. The summed E-state index contributed by atoms with van der Waals surface area (Å²) < 4.78 is 5.80. The Kier molecular flexibility index (Phi) is 4.96. The fraction of sp³-hybridized carbons (Fsp3) is 0.500. The summed E-state index contributed by atoms with van der Waals surface area (Å²) in [6.07, 6.45) is 1.25. The number of carboxylic acids is 1. The van der Waals surface area contributed by atoms with Crippen LogP contribution in [0.1, 0.15) is 30.1 Å². The third kappa shape index (κ3) is 3.82. The van der Waals surface area contributed by atoms with Crippen molar-refractivity contribution in [2.75, 3.05) is 20.2 Å². The van der Waals surface area contributed by atoms with E-state index < -0.39 is 5.97 Å². The van der Waals surface area contributed by atoms with Crippen LogP contribution in [-0.4, -0.2) is 42.1 Å². The summed E-state index contributed by atoms with van der Waals surface area (Å²) in [6, 6.07) is 7.94. The van der Waals surface area contributed by atoms with Gasteiger partial charge in [-0.1, -0.05) is 29.8 Å². The van der Waals surface area contributed by atoms with E-state index >= 15 is 0 Å². The maximum Gasteiger partial charge on any atom is 0.323 e. The zero-order chi connectivity index (χ0) is 15.4. The van der Waals surface area contributed by atoms with Gasteiger partial charge in [-0.15, -0.1) is 0 Å². The lowest BCUT2D eigenvalue weighted by atomic mass is 9.88. The summed E-state index contributed by atoms with van der Waals surface area (Å²) in [5.41, 5.74) is 2.13. The molecule has 1 N–H and O–H groups in total. The lowest BCUT2D eigenvalue weighted by molar-refractivity contribution is -0.150. The first-order valence-corrected chi connectivity index (χ1v) is 7.14. The molecule has 1 amide bonds. The molecule has 0 saturated carbocycles. The number of hydrogen-bond acceptors (Lipinski definition) is 3. The molecule has 1 aliphatic rings. The van der Waals surface area contributed by atoms with Crippen LogP contribution in [0, 0.1) is 12.8 Å². The smallest absolute Gasteiger partial charge is 0.323 e. The minimum atomic E-state index is -1.01. The highest BCUT2D eigenvalue weighted by Crippen LogP contribution is 2.34. The van der Waals surface area contributed by atoms with E-state index in [4.69, 9.17) is 9.84 Å². The van der Waals surface area contributed by atoms with Crippen molar-refractivity contribution in [3.63, 3.8) is 0 Å². The molecule has 1 aliphatic heterocycles. The summed E-state index contributed by atoms with van der Waals surface area (Å²) in [7, 11) is 1.53. The Labute approximate surface area is 124 Å². The third-order valence-electron chi connectivity index (χ3n) is 3.79. The fourth-order valence-corrected chi connectivity index (χ4v) is 2.68. The minimum absolute atomic E-state index is 0.164. The van der Waals surface area contributed by atoms with Gasteiger partial charge in [-0.25, -0.2) is 0 Å². The predicted octanol–water partition coefficient (Wildman–Crippen LogP) is 2.01. The summed E-state index contributed by atoms with van der Waals surface area (Å²) >= 11 is 0. The fourth-order valence-electron chi connectivity index (χ4n) is 2.68. The first-order valence-electron chi connectivity index (χ1n) is 7.14. The second-order valence-corrected chi connectivity index (χ2v) is 5.54. The Morgan fingerprint density at radius 2 is 2.00 bits per heavy atom. The van der Waals surface area contributed by atoms with Crippen molar-refractivity contribution < 1.29 is 19.4 Å². The number of benzene rings is 1. The molecular weight excluding hydrogens is 270 g/mol. The Bertz CT molecular complexity index is 512. The molecule has 1 fully saturated rings. The van der Waals surface area contributed by atoms with Gasteiger partial charge in [-0.05, 0) is 25.3 Å². The highest BCUT2D eigenvalue weighted by atomic mass is 16.5. The van der Waals surface area contributed by atoms with Gasteiger partial charge in [0.05, 0.1) is 12.0 Å². The van der Waals surface area contributed by atoms with Crippen LogP contribution in [0.25, 0.3) is 0 Å². The second-order valence-electron chi connectivity index (χ2n) is 5.54. The molecular formula is C16H21NO4. The van der Waals surface area contributed by atoms with Crippen LogP contribution in [0.5, 0.6) is 0 Å². The Hall–Kier alpha value is -1.88. The molecule has 5 nitrogen and oxygen atoms in total. The van der Waals surface area contributed by atoms with Crippen molar-refractivity contribution in [2.45, 2.75) is 25.9 Å². The number of carbonyl (C=O) groups is 2. The van der Waals surface area contributed by atoms with Crippen LogP contribution in [0.4, 0.5) is 0 Å². The van der Waals surface area contributed by atoms with E-state index in [-0.39, 0.29) is 24.5 Å². The van der Waals surface area contributed by atoms with Crippen molar-refractivity contribution in [3.8, 4) is 0 Å². The number of rotatable bonds is 4. The van der Waals surface area contributed by atoms with E-state index in [1.54, 1.807) is 0 Å². The van der Waals surface area contributed by atoms with Gasteiger partial charge < -0.3 is 14.7 Å². The lowest BCUT2D eigenvalue weighted by Crippen LogP contribution is -2.41. The number of amides is 1.